The first-order valence-corrected chi connectivity index (χ1v) is 24.4. The van der Waals surface area contributed by atoms with Crippen LogP contribution in [0.4, 0.5) is 0 Å². The lowest BCUT2D eigenvalue weighted by molar-refractivity contribution is -0.143. The number of carbonyl (C=O) groups excluding carboxylic acids is 2. The molecule has 2 atom stereocenters. The van der Waals surface area contributed by atoms with E-state index in [1.54, 1.807) is 0 Å². The first-order valence-electron chi connectivity index (χ1n) is 24.4. The molecule has 0 aliphatic rings. The van der Waals surface area contributed by atoms with Crippen molar-refractivity contribution in [2.75, 3.05) is 13.2 Å². The molecule has 0 aliphatic heterocycles. The van der Waals surface area contributed by atoms with E-state index in [4.69, 9.17) is 4.74 Å². The maximum Gasteiger partial charge on any atom is 0.305 e. The zero-order chi connectivity index (χ0) is 40.1. The molecular weight excluding hydrogens is 683 g/mol. The number of hydrogen-bond donors (Lipinski definition) is 3. The average molecular weight is 778 g/mol. The molecule has 0 bridgehead atoms. The van der Waals surface area contributed by atoms with Crippen LogP contribution in [-0.2, 0) is 14.3 Å². The van der Waals surface area contributed by atoms with Gasteiger partial charge in [-0.1, -0.05) is 212 Å². The first kappa shape index (κ1) is 53.6. The number of allylic oxidation sites excluding steroid dienone is 2. The summed E-state index contributed by atoms with van der Waals surface area (Å²) in [5.41, 5.74) is 0. The van der Waals surface area contributed by atoms with Crippen LogP contribution in [0.5, 0.6) is 0 Å². The predicted octanol–water partition coefficient (Wildman–Crippen LogP) is 14.2. The van der Waals surface area contributed by atoms with Gasteiger partial charge in [-0.25, -0.2) is 0 Å². The molecular formula is C49H95NO5. The molecule has 0 radical (unpaired) electrons. The summed E-state index contributed by atoms with van der Waals surface area (Å²) in [6.07, 6.45) is 50.2. The Kier molecular flexibility index (Phi) is 44.2. The fraction of sp³-hybridized carbons (Fsp3) is 0.918. The minimum absolute atomic E-state index is 0.0267. The van der Waals surface area contributed by atoms with Gasteiger partial charge < -0.3 is 20.3 Å². The molecule has 0 aliphatic carbocycles. The number of ether oxygens (including phenoxy) is 1. The SMILES string of the molecule is CCCCCCCC/C=C\CCCCCCCC(=O)OCCCCCCCCCCCCC(=O)NC(CO)C(O)CCCCCCCCCCCCCCC. The minimum Gasteiger partial charge on any atom is -0.466 e. The lowest BCUT2D eigenvalue weighted by Crippen LogP contribution is -2.45. The highest BCUT2D eigenvalue weighted by molar-refractivity contribution is 5.76. The maximum absolute atomic E-state index is 12.4. The lowest BCUT2D eigenvalue weighted by atomic mass is 10.0. The molecule has 55 heavy (non-hydrogen) atoms. The van der Waals surface area contributed by atoms with Gasteiger partial charge in [-0.3, -0.25) is 9.59 Å². The molecule has 0 rings (SSSR count). The monoisotopic (exact) mass is 778 g/mol. The van der Waals surface area contributed by atoms with Gasteiger partial charge in [-0.05, 0) is 51.4 Å². The second-order valence-corrected chi connectivity index (χ2v) is 16.8. The van der Waals surface area contributed by atoms with Crippen molar-refractivity contribution in [3.05, 3.63) is 12.2 Å². The van der Waals surface area contributed by atoms with E-state index in [0.717, 1.165) is 57.8 Å². The summed E-state index contributed by atoms with van der Waals surface area (Å²) in [6.45, 7) is 4.89. The van der Waals surface area contributed by atoms with Crippen molar-refractivity contribution in [1.82, 2.24) is 5.32 Å². The fourth-order valence-electron chi connectivity index (χ4n) is 7.51. The molecule has 0 spiro atoms. The number of aliphatic hydroxyl groups is 2. The van der Waals surface area contributed by atoms with Gasteiger partial charge >= 0.3 is 5.97 Å². The van der Waals surface area contributed by atoms with Crippen molar-refractivity contribution in [3.63, 3.8) is 0 Å². The first-order chi connectivity index (χ1) is 27.0. The molecule has 2 unspecified atom stereocenters. The summed E-state index contributed by atoms with van der Waals surface area (Å²) < 4.78 is 5.45. The Labute approximate surface area is 342 Å². The Bertz CT molecular complexity index is 817. The summed E-state index contributed by atoms with van der Waals surface area (Å²) in [5, 5.41) is 23.1. The zero-order valence-electron chi connectivity index (χ0n) is 36.9. The van der Waals surface area contributed by atoms with Gasteiger partial charge in [0.1, 0.15) is 0 Å². The molecule has 0 aromatic heterocycles. The highest BCUT2D eigenvalue weighted by Gasteiger charge is 2.20. The van der Waals surface area contributed by atoms with Crippen LogP contribution in [0.1, 0.15) is 264 Å². The second kappa shape index (κ2) is 45.3. The number of hydrogen-bond acceptors (Lipinski definition) is 5. The van der Waals surface area contributed by atoms with Crippen LogP contribution in [-0.4, -0.2) is 47.4 Å². The standard InChI is InChI=1S/C49H95NO5/c1-3-5-7-9-11-13-15-17-18-20-22-27-31-35-39-43-49(54)55-44-40-36-32-28-24-23-26-30-34-38-42-48(53)50-46(45-51)47(52)41-37-33-29-25-21-19-16-14-12-10-8-6-4-2/h17-18,46-47,51-52H,3-16,19-45H2,1-2H3,(H,50,53)/b18-17-. The number of amides is 1. The van der Waals surface area contributed by atoms with E-state index in [2.05, 4.69) is 31.3 Å². The number of rotatable bonds is 45. The summed E-state index contributed by atoms with van der Waals surface area (Å²) in [7, 11) is 0. The van der Waals surface area contributed by atoms with Crippen LogP contribution in [0, 0.1) is 0 Å². The Morgan fingerprint density at radius 2 is 0.855 bits per heavy atom. The number of aliphatic hydroxyl groups excluding tert-OH is 2. The summed E-state index contributed by atoms with van der Waals surface area (Å²) in [4.78, 5) is 24.4. The van der Waals surface area contributed by atoms with Crippen molar-refractivity contribution in [1.29, 1.82) is 0 Å². The highest BCUT2D eigenvalue weighted by Crippen LogP contribution is 2.16. The molecule has 0 saturated carbocycles. The topological polar surface area (TPSA) is 95.9 Å². The number of carbonyl (C=O) groups is 2. The van der Waals surface area contributed by atoms with E-state index in [0.29, 0.717) is 25.9 Å². The highest BCUT2D eigenvalue weighted by atomic mass is 16.5. The molecule has 6 heteroatoms. The molecule has 0 aromatic rings. The quantitative estimate of drug-likeness (QED) is 0.0325. The Hall–Kier alpha value is -1.40. The molecule has 326 valence electrons. The van der Waals surface area contributed by atoms with Crippen molar-refractivity contribution < 1.29 is 24.5 Å². The molecule has 1 amide bonds. The fourth-order valence-corrected chi connectivity index (χ4v) is 7.51. The molecule has 0 heterocycles. The second-order valence-electron chi connectivity index (χ2n) is 16.8. The molecule has 0 saturated heterocycles. The van der Waals surface area contributed by atoms with Gasteiger partial charge in [0.25, 0.3) is 0 Å². The van der Waals surface area contributed by atoms with Crippen LogP contribution in [0.3, 0.4) is 0 Å². The van der Waals surface area contributed by atoms with Crippen LogP contribution < -0.4 is 5.32 Å². The van der Waals surface area contributed by atoms with Gasteiger partial charge in [-0.2, -0.15) is 0 Å². The van der Waals surface area contributed by atoms with E-state index in [9.17, 15) is 19.8 Å². The number of nitrogens with one attached hydrogen (secondary N) is 1. The van der Waals surface area contributed by atoms with Gasteiger partial charge in [0, 0.05) is 12.8 Å². The molecule has 0 fully saturated rings. The minimum atomic E-state index is -0.677. The lowest BCUT2D eigenvalue weighted by Gasteiger charge is -2.22. The van der Waals surface area contributed by atoms with Gasteiger partial charge in [0.05, 0.1) is 25.4 Å². The Morgan fingerprint density at radius 1 is 0.491 bits per heavy atom. The zero-order valence-corrected chi connectivity index (χ0v) is 36.9. The van der Waals surface area contributed by atoms with Crippen molar-refractivity contribution >= 4 is 11.9 Å². The molecule has 6 nitrogen and oxygen atoms in total. The van der Waals surface area contributed by atoms with Crippen LogP contribution in [0.2, 0.25) is 0 Å². The van der Waals surface area contributed by atoms with E-state index in [1.165, 1.54) is 173 Å². The van der Waals surface area contributed by atoms with E-state index >= 15 is 0 Å². The Balaban J connectivity index is 3.48. The third kappa shape index (κ3) is 42.0. The predicted molar refractivity (Wildman–Crippen MR) is 237 cm³/mol. The Morgan fingerprint density at radius 3 is 1.29 bits per heavy atom. The van der Waals surface area contributed by atoms with Gasteiger partial charge in [0.2, 0.25) is 5.91 Å². The third-order valence-electron chi connectivity index (χ3n) is 11.3. The van der Waals surface area contributed by atoms with E-state index in [-0.39, 0.29) is 18.5 Å². The van der Waals surface area contributed by atoms with Crippen molar-refractivity contribution in [2.45, 2.75) is 276 Å². The summed E-state index contributed by atoms with van der Waals surface area (Å²) >= 11 is 0. The number of esters is 1. The molecule has 3 N–H and O–H groups in total. The van der Waals surface area contributed by atoms with Crippen LogP contribution in [0.25, 0.3) is 0 Å². The van der Waals surface area contributed by atoms with Crippen LogP contribution >= 0.6 is 0 Å². The average Bonchev–Trinajstić information content (AvgIpc) is 3.18. The summed E-state index contributed by atoms with van der Waals surface area (Å²) in [6, 6.07) is -0.557. The number of unbranched alkanes of at least 4 members (excludes halogenated alkanes) is 32. The van der Waals surface area contributed by atoms with Gasteiger partial charge in [0.15, 0.2) is 0 Å². The van der Waals surface area contributed by atoms with E-state index in [1.807, 2.05) is 0 Å². The van der Waals surface area contributed by atoms with Gasteiger partial charge in [-0.15, -0.1) is 0 Å². The van der Waals surface area contributed by atoms with Crippen molar-refractivity contribution in [3.8, 4) is 0 Å². The van der Waals surface area contributed by atoms with Crippen LogP contribution in [0.15, 0.2) is 12.2 Å². The third-order valence-corrected chi connectivity index (χ3v) is 11.3. The maximum atomic E-state index is 12.4. The molecule has 0 aromatic carbocycles. The van der Waals surface area contributed by atoms with E-state index < -0.39 is 12.1 Å². The normalized spacial score (nSPS) is 12.7. The van der Waals surface area contributed by atoms with Crippen molar-refractivity contribution in [2.24, 2.45) is 0 Å². The largest absolute Gasteiger partial charge is 0.466 e. The summed E-state index contributed by atoms with van der Waals surface area (Å²) in [5.74, 6) is -0.0849. The smallest absolute Gasteiger partial charge is 0.305 e.